The third kappa shape index (κ3) is 3.13. The predicted octanol–water partition coefficient (Wildman–Crippen LogP) is 5.02. The third-order valence-electron chi connectivity index (χ3n) is 3.46. The second-order valence-corrected chi connectivity index (χ2v) is 6.46. The Balaban J connectivity index is 1.94. The fourth-order valence-electron chi connectivity index (χ4n) is 2.16. The number of hydrogen-bond acceptors (Lipinski definition) is 4. The average molecular weight is 351 g/mol. The van der Waals surface area contributed by atoms with E-state index in [4.69, 9.17) is 16.7 Å². The quantitative estimate of drug-likeness (QED) is 0.693. The molecule has 0 aliphatic heterocycles. The molecule has 2 aromatic carbocycles. The molecular weight excluding hydrogens is 339 g/mol. The van der Waals surface area contributed by atoms with Gasteiger partial charge in [0.05, 0.1) is 26.8 Å². The van der Waals surface area contributed by atoms with E-state index in [1.807, 2.05) is 24.3 Å². The lowest BCUT2D eigenvalue weighted by Crippen LogP contribution is -2.09. The number of carboxylic acid groups (broad SMARTS) is 1. The summed E-state index contributed by atoms with van der Waals surface area (Å²) in [4.78, 5) is 15.4. The Morgan fingerprint density at radius 2 is 2.13 bits per heavy atom. The second kappa shape index (κ2) is 6.14. The number of rotatable bonds is 4. The zero-order valence-electron chi connectivity index (χ0n) is 12.0. The number of fused-ring (bicyclic) bond motifs is 1. The molecule has 1 unspecified atom stereocenters. The second-order valence-electron chi connectivity index (χ2n) is 5.03. The van der Waals surface area contributed by atoms with Crippen LogP contribution in [0, 0.1) is 5.82 Å². The number of nitrogens with one attached hydrogen (secondary N) is 1. The van der Waals surface area contributed by atoms with E-state index in [2.05, 4.69) is 10.3 Å². The van der Waals surface area contributed by atoms with Gasteiger partial charge in [0, 0.05) is 5.56 Å². The number of aromatic nitrogens is 1. The molecule has 0 spiro atoms. The first-order chi connectivity index (χ1) is 11.0. The molecule has 0 saturated carbocycles. The molecule has 0 amide bonds. The van der Waals surface area contributed by atoms with Gasteiger partial charge in [0.25, 0.3) is 0 Å². The Morgan fingerprint density at radius 3 is 2.83 bits per heavy atom. The Morgan fingerprint density at radius 1 is 1.39 bits per heavy atom. The summed E-state index contributed by atoms with van der Waals surface area (Å²) in [6.45, 7) is 1.41. The Bertz CT molecular complexity index is 864. The van der Waals surface area contributed by atoms with E-state index in [-0.39, 0.29) is 10.6 Å². The number of aliphatic carboxylic acids is 1. The van der Waals surface area contributed by atoms with Gasteiger partial charge in [-0.3, -0.25) is 4.79 Å². The van der Waals surface area contributed by atoms with Gasteiger partial charge in [0.2, 0.25) is 0 Å². The van der Waals surface area contributed by atoms with E-state index in [1.54, 1.807) is 0 Å². The van der Waals surface area contributed by atoms with Gasteiger partial charge in [-0.25, -0.2) is 9.37 Å². The lowest BCUT2D eigenvalue weighted by Gasteiger charge is -2.12. The van der Waals surface area contributed by atoms with Crippen LogP contribution in [0.3, 0.4) is 0 Å². The summed E-state index contributed by atoms with van der Waals surface area (Å²) in [7, 11) is 0. The number of para-hydroxylation sites is 1. The van der Waals surface area contributed by atoms with Crippen molar-refractivity contribution in [1.29, 1.82) is 0 Å². The summed E-state index contributed by atoms with van der Waals surface area (Å²) < 4.78 is 15.2. The van der Waals surface area contributed by atoms with Crippen LogP contribution in [0.1, 0.15) is 18.4 Å². The first-order valence-electron chi connectivity index (χ1n) is 6.80. The molecule has 2 N–H and O–H groups in total. The Hall–Kier alpha value is -2.18. The standard InChI is InChI=1S/C16H12ClFN2O2S/c1-8(15(21)22)9-6-10(17)13(7-11(9)18)20-16-19-12-4-2-3-5-14(12)23-16/h2-8H,1H3,(H,19,20)(H,21,22). The molecule has 1 atom stereocenters. The van der Waals surface area contributed by atoms with E-state index in [0.29, 0.717) is 10.8 Å². The highest BCUT2D eigenvalue weighted by atomic mass is 35.5. The minimum Gasteiger partial charge on any atom is -0.481 e. The van der Waals surface area contributed by atoms with Crippen LogP contribution >= 0.6 is 22.9 Å². The number of halogens is 2. The molecule has 0 aliphatic carbocycles. The van der Waals surface area contributed by atoms with Crippen LogP contribution in [-0.2, 0) is 4.79 Å². The fourth-order valence-corrected chi connectivity index (χ4v) is 3.26. The molecule has 0 aliphatic rings. The molecule has 4 nitrogen and oxygen atoms in total. The zero-order valence-corrected chi connectivity index (χ0v) is 13.6. The maximum atomic E-state index is 14.2. The number of carbonyl (C=O) groups is 1. The maximum Gasteiger partial charge on any atom is 0.310 e. The molecule has 0 fully saturated rings. The van der Waals surface area contributed by atoms with Crippen LogP contribution in [0.25, 0.3) is 10.2 Å². The van der Waals surface area contributed by atoms with Crippen LogP contribution < -0.4 is 5.32 Å². The van der Waals surface area contributed by atoms with Crippen molar-refractivity contribution >= 4 is 49.9 Å². The van der Waals surface area contributed by atoms with Crippen LogP contribution in [0.2, 0.25) is 5.02 Å². The van der Waals surface area contributed by atoms with Gasteiger partial charge in [-0.1, -0.05) is 35.1 Å². The molecule has 7 heteroatoms. The molecule has 0 radical (unpaired) electrons. The summed E-state index contributed by atoms with van der Waals surface area (Å²) in [6, 6.07) is 10.2. The van der Waals surface area contributed by atoms with E-state index in [1.165, 1.54) is 30.4 Å². The van der Waals surface area contributed by atoms with Crippen molar-refractivity contribution in [3.05, 3.63) is 52.8 Å². The lowest BCUT2D eigenvalue weighted by atomic mass is 10.0. The van der Waals surface area contributed by atoms with Gasteiger partial charge in [-0.2, -0.15) is 0 Å². The molecule has 1 heterocycles. The summed E-state index contributed by atoms with van der Waals surface area (Å²) in [5, 5.41) is 12.8. The molecular formula is C16H12ClFN2O2S. The Kier molecular flexibility index (Phi) is 4.19. The van der Waals surface area contributed by atoms with Gasteiger partial charge < -0.3 is 10.4 Å². The number of carboxylic acids is 1. The van der Waals surface area contributed by atoms with Gasteiger partial charge in [-0.05, 0) is 31.2 Å². The largest absolute Gasteiger partial charge is 0.481 e. The smallest absolute Gasteiger partial charge is 0.310 e. The zero-order chi connectivity index (χ0) is 16.6. The minimum absolute atomic E-state index is 0.0531. The highest BCUT2D eigenvalue weighted by molar-refractivity contribution is 7.22. The molecule has 0 saturated heterocycles. The van der Waals surface area contributed by atoms with Crippen molar-refractivity contribution in [2.75, 3.05) is 5.32 Å². The number of benzene rings is 2. The van der Waals surface area contributed by atoms with E-state index < -0.39 is 17.7 Å². The summed E-state index contributed by atoms with van der Waals surface area (Å²) in [6.07, 6.45) is 0. The van der Waals surface area contributed by atoms with Gasteiger partial charge in [-0.15, -0.1) is 0 Å². The molecule has 118 valence electrons. The Labute approximate surface area is 140 Å². The highest BCUT2D eigenvalue weighted by Gasteiger charge is 2.20. The van der Waals surface area contributed by atoms with E-state index >= 15 is 0 Å². The summed E-state index contributed by atoms with van der Waals surface area (Å²) in [5.74, 6) is -2.69. The number of anilines is 2. The fraction of sp³-hybridized carbons (Fsp3) is 0.125. The first-order valence-corrected chi connectivity index (χ1v) is 7.99. The lowest BCUT2D eigenvalue weighted by molar-refractivity contribution is -0.138. The first kappa shape index (κ1) is 15.7. The molecule has 3 rings (SSSR count). The van der Waals surface area contributed by atoms with Gasteiger partial charge in [0.15, 0.2) is 5.13 Å². The third-order valence-corrected chi connectivity index (χ3v) is 4.72. The molecule has 0 bridgehead atoms. The van der Waals surface area contributed by atoms with Crippen LogP contribution in [-0.4, -0.2) is 16.1 Å². The maximum absolute atomic E-state index is 14.2. The molecule has 3 aromatic rings. The van der Waals surface area contributed by atoms with Crippen LogP contribution in [0.4, 0.5) is 15.2 Å². The monoisotopic (exact) mass is 350 g/mol. The topological polar surface area (TPSA) is 62.2 Å². The SMILES string of the molecule is CC(C(=O)O)c1cc(Cl)c(Nc2nc3ccccc3s2)cc1F. The van der Waals surface area contributed by atoms with E-state index in [9.17, 15) is 9.18 Å². The van der Waals surface area contributed by atoms with Crippen LogP contribution in [0.5, 0.6) is 0 Å². The number of hydrogen-bond donors (Lipinski definition) is 2. The average Bonchev–Trinajstić information content (AvgIpc) is 2.92. The summed E-state index contributed by atoms with van der Waals surface area (Å²) >= 11 is 7.58. The predicted molar refractivity (Wildman–Crippen MR) is 90.4 cm³/mol. The molecule has 1 aromatic heterocycles. The highest BCUT2D eigenvalue weighted by Crippen LogP contribution is 2.34. The van der Waals surface area contributed by atoms with E-state index in [0.717, 1.165) is 10.2 Å². The van der Waals surface area contributed by atoms with Crippen molar-refractivity contribution in [2.24, 2.45) is 0 Å². The number of thiazole rings is 1. The number of nitrogens with zero attached hydrogens (tertiary/aromatic N) is 1. The van der Waals surface area contributed by atoms with Crippen molar-refractivity contribution in [2.45, 2.75) is 12.8 Å². The van der Waals surface area contributed by atoms with Crippen LogP contribution in [0.15, 0.2) is 36.4 Å². The van der Waals surface area contributed by atoms with Gasteiger partial charge in [0.1, 0.15) is 5.82 Å². The van der Waals surface area contributed by atoms with Crippen molar-refractivity contribution in [3.63, 3.8) is 0 Å². The normalized spacial score (nSPS) is 12.3. The van der Waals surface area contributed by atoms with Crippen molar-refractivity contribution in [3.8, 4) is 0 Å². The molecule has 23 heavy (non-hydrogen) atoms. The van der Waals surface area contributed by atoms with Crippen molar-refractivity contribution in [1.82, 2.24) is 4.98 Å². The summed E-state index contributed by atoms with van der Waals surface area (Å²) in [5.41, 5.74) is 1.25. The van der Waals surface area contributed by atoms with Gasteiger partial charge >= 0.3 is 5.97 Å². The minimum atomic E-state index is -1.10. The van der Waals surface area contributed by atoms with Crippen molar-refractivity contribution < 1.29 is 14.3 Å².